The van der Waals surface area contributed by atoms with Crippen molar-refractivity contribution in [3.63, 3.8) is 0 Å². The molecule has 2 N–H and O–H groups in total. The Bertz CT molecular complexity index is 694. The molecule has 1 fully saturated rings. The van der Waals surface area contributed by atoms with Gasteiger partial charge in [-0.2, -0.15) is 0 Å². The number of ether oxygens (including phenoxy) is 1. The van der Waals surface area contributed by atoms with Crippen molar-refractivity contribution in [1.82, 2.24) is 4.90 Å². The van der Waals surface area contributed by atoms with Crippen LogP contribution < -0.4 is 10.6 Å². The molecule has 0 atom stereocenters. The number of carbonyl (C=O) groups is 1. The van der Waals surface area contributed by atoms with E-state index in [4.69, 9.17) is 4.74 Å². The van der Waals surface area contributed by atoms with E-state index < -0.39 is 0 Å². The van der Waals surface area contributed by atoms with E-state index in [1.54, 1.807) is 0 Å². The maximum atomic E-state index is 12.2. The van der Waals surface area contributed by atoms with Gasteiger partial charge in [-0.15, -0.1) is 0 Å². The lowest BCUT2D eigenvalue weighted by atomic mass is 10.1. The number of amides is 2. The summed E-state index contributed by atoms with van der Waals surface area (Å²) in [6, 6.07) is 15.6. The van der Waals surface area contributed by atoms with E-state index in [-0.39, 0.29) is 6.03 Å². The largest absolute Gasteiger partial charge is 0.379 e. The highest BCUT2D eigenvalue weighted by molar-refractivity contribution is 6.00. The van der Waals surface area contributed by atoms with Crippen LogP contribution in [-0.2, 0) is 17.7 Å². The third kappa shape index (κ3) is 5.05. The van der Waals surface area contributed by atoms with Crippen molar-refractivity contribution in [3.05, 3.63) is 59.7 Å². The summed E-state index contributed by atoms with van der Waals surface area (Å²) in [7, 11) is 0. The fraction of sp³-hybridized carbons (Fsp3) is 0.350. The molecule has 0 unspecified atom stereocenters. The fourth-order valence-electron chi connectivity index (χ4n) is 2.95. The molecule has 1 heterocycles. The third-order valence-corrected chi connectivity index (χ3v) is 4.37. The molecule has 132 valence electrons. The van der Waals surface area contributed by atoms with Crippen LogP contribution in [0, 0.1) is 0 Å². The molecular weight excluding hydrogens is 314 g/mol. The molecule has 5 heteroatoms. The van der Waals surface area contributed by atoms with E-state index in [2.05, 4.69) is 34.6 Å². The zero-order valence-electron chi connectivity index (χ0n) is 14.6. The molecule has 0 spiro atoms. The van der Waals surface area contributed by atoms with Gasteiger partial charge in [0, 0.05) is 31.0 Å². The second-order valence-corrected chi connectivity index (χ2v) is 6.18. The van der Waals surface area contributed by atoms with E-state index in [1.165, 1.54) is 5.56 Å². The van der Waals surface area contributed by atoms with Crippen LogP contribution in [0.15, 0.2) is 48.5 Å². The minimum atomic E-state index is -0.221. The van der Waals surface area contributed by atoms with Gasteiger partial charge in [0.2, 0.25) is 0 Å². The van der Waals surface area contributed by atoms with Crippen LogP contribution >= 0.6 is 0 Å². The first-order chi connectivity index (χ1) is 12.2. The van der Waals surface area contributed by atoms with Gasteiger partial charge in [-0.05, 0) is 35.7 Å². The van der Waals surface area contributed by atoms with Crippen molar-refractivity contribution >= 4 is 17.4 Å². The summed E-state index contributed by atoms with van der Waals surface area (Å²) in [5.41, 5.74) is 4.01. The van der Waals surface area contributed by atoms with Crippen LogP contribution in [0.25, 0.3) is 0 Å². The molecule has 2 aromatic rings. The van der Waals surface area contributed by atoms with Crippen molar-refractivity contribution in [1.29, 1.82) is 0 Å². The van der Waals surface area contributed by atoms with Gasteiger partial charge in [0.25, 0.3) is 0 Å². The molecule has 0 bridgehead atoms. The number of hydrogen-bond acceptors (Lipinski definition) is 3. The molecular formula is C20H25N3O2. The van der Waals surface area contributed by atoms with E-state index in [1.807, 2.05) is 36.4 Å². The van der Waals surface area contributed by atoms with Crippen molar-refractivity contribution in [2.45, 2.75) is 19.9 Å². The minimum Gasteiger partial charge on any atom is -0.379 e. The molecule has 1 saturated heterocycles. The number of rotatable bonds is 5. The fourth-order valence-corrected chi connectivity index (χ4v) is 2.95. The summed E-state index contributed by atoms with van der Waals surface area (Å²) in [6.07, 6.45) is 0.882. The SMILES string of the molecule is CCc1ccccc1NC(=O)Nc1ccc(CN2CCOCC2)cc1. The Kier molecular flexibility index (Phi) is 6.04. The predicted molar refractivity (Wildman–Crippen MR) is 101 cm³/mol. The normalized spacial score (nSPS) is 14.9. The molecule has 0 radical (unpaired) electrons. The monoisotopic (exact) mass is 339 g/mol. The van der Waals surface area contributed by atoms with E-state index in [9.17, 15) is 4.79 Å². The van der Waals surface area contributed by atoms with Gasteiger partial charge in [0.15, 0.2) is 0 Å². The average molecular weight is 339 g/mol. The Labute approximate surface area is 149 Å². The van der Waals surface area contributed by atoms with Gasteiger partial charge in [-0.1, -0.05) is 37.3 Å². The number of nitrogens with zero attached hydrogens (tertiary/aromatic N) is 1. The minimum absolute atomic E-state index is 0.221. The number of benzene rings is 2. The molecule has 25 heavy (non-hydrogen) atoms. The lowest BCUT2D eigenvalue weighted by Crippen LogP contribution is -2.35. The number of morpholine rings is 1. The maximum Gasteiger partial charge on any atom is 0.323 e. The lowest BCUT2D eigenvalue weighted by Gasteiger charge is -2.26. The van der Waals surface area contributed by atoms with E-state index >= 15 is 0 Å². The van der Waals surface area contributed by atoms with Crippen LogP contribution in [0.1, 0.15) is 18.1 Å². The van der Waals surface area contributed by atoms with E-state index in [0.717, 1.165) is 56.2 Å². The van der Waals surface area contributed by atoms with Gasteiger partial charge in [-0.25, -0.2) is 4.79 Å². The third-order valence-electron chi connectivity index (χ3n) is 4.37. The zero-order chi connectivity index (χ0) is 17.5. The number of nitrogens with one attached hydrogen (secondary N) is 2. The van der Waals surface area contributed by atoms with Crippen LogP contribution in [-0.4, -0.2) is 37.2 Å². The van der Waals surface area contributed by atoms with E-state index in [0.29, 0.717) is 0 Å². The number of hydrogen-bond donors (Lipinski definition) is 2. The molecule has 0 aliphatic carbocycles. The maximum absolute atomic E-state index is 12.2. The quantitative estimate of drug-likeness (QED) is 0.873. The molecule has 3 rings (SSSR count). The first-order valence-corrected chi connectivity index (χ1v) is 8.79. The first kappa shape index (κ1) is 17.5. The Morgan fingerprint density at radius 2 is 1.76 bits per heavy atom. The predicted octanol–water partition coefficient (Wildman–Crippen LogP) is 3.73. The highest BCUT2D eigenvalue weighted by atomic mass is 16.5. The average Bonchev–Trinajstić information content (AvgIpc) is 2.64. The highest BCUT2D eigenvalue weighted by Gasteiger charge is 2.11. The molecule has 1 aliphatic rings. The first-order valence-electron chi connectivity index (χ1n) is 8.79. The van der Waals surface area contributed by atoms with Crippen LogP contribution in [0.4, 0.5) is 16.2 Å². The number of anilines is 2. The van der Waals surface area contributed by atoms with Crippen molar-refractivity contribution in [2.24, 2.45) is 0 Å². The number of carbonyl (C=O) groups excluding carboxylic acids is 1. The Balaban J connectivity index is 1.54. The Morgan fingerprint density at radius 1 is 1.04 bits per heavy atom. The number of urea groups is 1. The molecule has 5 nitrogen and oxygen atoms in total. The number of aryl methyl sites for hydroxylation is 1. The summed E-state index contributed by atoms with van der Waals surface area (Å²) in [5.74, 6) is 0. The van der Waals surface area contributed by atoms with Crippen molar-refractivity contribution < 1.29 is 9.53 Å². The topological polar surface area (TPSA) is 53.6 Å². The summed E-state index contributed by atoms with van der Waals surface area (Å²) in [4.78, 5) is 14.6. The molecule has 1 aliphatic heterocycles. The van der Waals surface area contributed by atoms with Gasteiger partial charge >= 0.3 is 6.03 Å². The molecule has 0 aromatic heterocycles. The summed E-state index contributed by atoms with van der Waals surface area (Å²) < 4.78 is 5.37. The van der Waals surface area contributed by atoms with Gasteiger partial charge in [0.1, 0.15) is 0 Å². The van der Waals surface area contributed by atoms with Crippen molar-refractivity contribution in [3.8, 4) is 0 Å². The Hall–Kier alpha value is -2.37. The van der Waals surface area contributed by atoms with Gasteiger partial charge in [0.05, 0.1) is 13.2 Å². The summed E-state index contributed by atoms with van der Waals surface area (Å²) in [5, 5.41) is 5.81. The van der Waals surface area contributed by atoms with Gasteiger partial charge in [-0.3, -0.25) is 4.90 Å². The Morgan fingerprint density at radius 3 is 2.48 bits per heavy atom. The van der Waals surface area contributed by atoms with Crippen molar-refractivity contribution in [2.75, 3.05) is 36.9 Å². The second kappa shape index (κ2) is 8.65. The summed E-state index contributed by atoms with van der Waals surface area (Å²) >= 11 is 0. The summed E-state index contributed by atoms with van der Waals surface area (Å²) in [6.45, 7) is 6.54. The number of para-hydroxylation sites is 1. The van der Waals surface area contributed by atoms with Crippen LogP contribution in [0.5, 0.6) is 0 Å². The molecule has 0 saturated carbocycles. The molecule has 2 aromatic carbocycles. The zero-order valence-corrected chi connectivity index (χ0v) is 14.6. The van der Waals surface area contributed by atoms with Gasteiger partial charge < -0.3 is 15.4 Å². The molecule has 2 amide bonds. The smallest absolute Gasteiger partial charge is 0.323 e. The lowest BCUT2D eigenvalue weighted by molar-refractivity contribution is 0.0342. The van der Waals surface area contributed by atoms with Crippen LogP contribution in [0.2, 0.25) is 0 Å². The second-order valence-electron chi connectivity index (χ2n) is 6.18. The highest BCUT2D eigenvalue weighted by Crippen LogP contribution is 2.17. The van der Waals surface area contributed by atoms with Crippen LogP contribution in [0.3, 0.4) is 0 Å². The standard InChI is InChI=1S/C20H25N3O2/c1-2-17-5-3-4-6-19(17)22-20(24)21-18-9-7-16(8-10-18)15-23-11-13-25-14-12-23/h3-10H,2,11-15H2,1H3,(H2,21,22,24).